The van der Waals surface area contributed by atoms with Crippen LogP contribution in [0.1, 0.15) is 9.67 Å². The van der Waals surface area contributed by atoms with Gasteiger partial charge in [-0.15, -0.1) is 11.3 Å². The Balaban J connectivity index is 1.57. The molecule has 0 aliphatic carbocycles. The number of fused-ring (bicyclic) bond motifs is 1. The van der Waals surface area contributed by atoms with E-state index in [0.29, 0.717) is 21.7 Å². The topological polar surface area (TPSA) is 88.0 Å². The number of hydrogen-bond donors (Lipinski definition) is 2. The fourth-order valence-corrected chi connectivity index (χ4v) is 3.13. The summed E-state index contributed by atoms with van der Waals surface area (Å²) < 4.78 is 4.93. The van der Waals surface area contributed by atoms with E-state index in [2.05, 4.69) is 15.3 Å². The van der Waals surface area contributed by atoms with Crippen LogP contribution in [-0.4, -0.2) is 15.9 Å². The van der Waals surface area contributed by atoms with Crippen LogP contribution in [0.4, 0.5) is 5.69 Å². The van der Waals surface area contributed by atoms with Crippen LogP contribution < -0.4 is 11.1 Å². The molecule has 0 unspecified atom stereocenters. The van der Waals surface area contributed by atoms with Crippen molar-refractivity contribution in [1.29, 1.82) is 0 Å². The molecule has 0 radical (unpaired) electrons. The summed E-state index contributed by atoms with van der Waals surface area (Å²) in [6.07, 6.45) is 1.56. The summed E-state index contributed by atoms with van der Waals surface area (Å²) in [5.41, 5.74) is 2.52. The summed E-state index contributed by atoms with van der Waals surface area (Å²) in [7, 11) is 0. The lowest BCUT2D eigenvalue weighted by Gasteiger charge is -2.02. The number of hydrogen-bond acceptors (Lipinski definition) is 5. The molecule has 6 nitrogen and oxygen atoms in total. The lowest BCUT2D eigenvalue weighted by atomic mass is 10.2. The van der Waals surface area contributed by atoms with Crippen LogP contribution in [0.25, 0.3) is 21.7 Å². The average molecular weight is 337 g/mol. The molecule has 2 heterocycles. The first-order valence-electron chi connectivity index (χ1n) is 7.14. The zero-order valence-electron chi connectivity index (χ0n) is 12.3. The maximum Gasteiger partial charge on any atom is 0.417 e. The average Bonchev–Trinajstić information content (AvgIpc) is 3.21. The van der Waals surface area contributed by atoms with Crippen molar-refractivity contribution in [1.82, 2.24) is 9.97 Å². The Morgan fingerprint density at radius 1 is 1.17 bits per heavy atom. The Kier molecular flexibility index (Phi) is 3.47. The molecule has 7 heteroatoms. The van der Waals surface area contributed by atoms with Gasteiger partial charge in [-0.1, -0.05) is 30.3 Å². The number of H-pyrrole nitrogens is 1. The Bertz CT molecular complexity index is 1080. The van der Waals surface area contributed by atoms with Gasteiger partial charge in [0.15, 0.2) is 5.58 Å². The van der Waals surface area contributed by atoms with Gasteiger partial charge in [0.05, 0.1) is 11.7 Å². The maximum absolute atomic E-state index is 12.4. The number of rotatable bonds is 3. The Morgan fingerprint density at radius 2 is 2.00 bits per heavy atom. The molecular weight excluding hydrogens is 326 g/mol. The van der Waals surface area contributed by atoms with Gasteiger partial charge in [0.2, 0.25) is 0 Å². The third-order valence-corrected chi connectivity index (χ3v) is 4.47. The second kappa shape index (κ2) is 5.78. The number of carbonyl (C=O) groups is 1. The molecule has 24 heavy (non-hydrogen) atoms. The van der Waals surface area contributed by atoms with E-state index in [1.54, 1.807) is 24.4 Å². The number of oxazole rings is 1. The lowest BCUT2D eigenvalue weighted by molar-refractivity contribution is 0.103. The SMILES string of the molecule is O=C(Nc1ccc2oc(=O)[nH]c2c1)c1cnc(-c2ccccc2)s1. The molecule has 2 N–H and O–H groups in total. The molecule has 0 saturated carbocycles. The fraction of sp³-hybridized carbons (Fsp3) is 0. The zero-order valence-corrected chi connectivity index (χ0v) is 13.1. The standard InChI is InChI=1S/C17H11N3O3S/c21-15(14-9-18-16(24-14)10-4-2-1-3-5-10)19-11-6-7-13-12(8-11)20-17(22)23-13/h1-9H,(H,19,21)(H,20,22). The van der Waals surface area contributed by atoms with Gasteiger partial charge in [0.25, 0.3) is 5.91 Å². The van der Waals surface area contributed by atoms with Crippen LogP contribution in [-0.2, 0) is 0 Å². The Labute approximate surface area is 139 Å². The monoisotopic (exact) mass is 337 g/mol. The van der Waals surface area contributed by atoms with Crippen molar-refractivity contribution in [3.05, 3.63) is 70.2 Å². The smallest absolute Gasteiger partial charge is 0.408 e. The first-order valence-corrected chi connectivity index (χ1v) is 7.96. The first-order chi connectivity index (χ1) is 11.7. The number of nitrogens with zero attached hydrogens (tertiary/aromatic N) is 1. The van der Waals surface area contributed by atoms with E-state index in [0.717, 1.165) is 10.6 Å². The molecular formula is C17H11N3O3S. The molecule has 4 aromatic rings. The van der Waals surface area contributed by atoms with E-state index in [4.69, 9.17) is 4.42 Å². The molecule has 1 amide bonds. The van der Waals surface area contributed by atoms with Crippen molar-refractivity contribution in [3.63, 3.8) is 0 Å². The fourth-order valence-electron chi connectivity index (χ4n) is 2.32. The second-order valence-electron chi connectivity index (χ2n) is 5.08. The number of benzene rings is 2. The number of carbonyl (C=O) groups excluding carboxylic acids is 1. The highest BCUT2D eigenvalue weighted by Gasteiger charge is 2.12. The maximum atomic E-state index is 12.4. The quantitative estimate of drug-likeness (QED) is 0.599. The van der Waals surface area contributed by atoms with Crippen LogP contribution >= 0.6 is 11.3 Å². The third kappa shape index (κ3) is 2.72. The van der Waals surface area contributed by atoms with Crippen molar-refractivity contribution in [3.8, 4) is 10.6 Å². The summed E-state index contributed by atoms with van der Waals surface area (Å²) in [4.78, 5) is 30.9. The summed E-state index contributed by atoms with van der Waals surface area (Å²) >= 11 is 1.32. The summed E-state index contributed by atoms with van der Waals surface area (Å²) in [5.74, 6) is -0.775. The van der Waals surface area contributed by atoms with Crippen molar-refractivity contribution in [2.75, 3.05) is 5.32 Å². The van der Waals surface area contributed by atoms with Crippen LogP contribution in [0.2, 0.25) is 0 Å². The largest absolute Gasteiger partial charge is 0.417 e. The van der Waals surface area contributed by atoms with Crippen LogP contribution in [0, 0.1) is 0 Å². The van der Waals surface area contributed by atoms with Gasteiger partial charge in [-0.25, -0.2) is 9.78 Å². The van der Waals surface area contributed by atoms with Crippen molar-refractivity contribution in [2.45, 2.75) is 0 Å². The van der Waals surface area contributed by atoms with E-state index in [9.17, 15) is 9.59 Å². The van der Waals surface area contributed by atoms with Crippen molar-refractivity contribution in [2.24, 2.45) is 0 Å². The highest BCUT2D eigenvalue weighted by atomic mass is 32.1. The third-order valence-electron chi connectivity index (χ3n) is 3.43. The Morgan fingerprint density at radius 3 is 2.83 bits per heavy atom. The molecule has 0 fully saturated rings. The minimum atomic E-state index is -0.525. The van der Waals surface area contributed by atoms with Gasteiger partial charge < -0.3 is 9.73 Å². The van der Waals surface area contributed by atoms with Crippen LogP contribution in [0.15, 0.2) is 63.9 Å². The Hall–Kier alpha value is -3.19. The van der Waals surface area contributed by atoms with E-state index in [1.165, 1.54) is 11.3 Å². The molecule has 0 aliphatic rings. The number of thiazole rings is 1. The number of aromatic amines is 1. The van der Waals surface area contributed by atoms with E-state index >= 15 is 0 Å². The summed E-state index contributed by atoms with van der Waals surface area (Å²) in [6, 6.07) is 14.6. The van der Waals surface area contributed by atoms with Gasteiger partial charge in [0, 0.05) is 11.3 Å². The molecule has 0 spiro atoms. The second-order valence-corrected chi connectivity index (χ2v) is 6.11. The van der Waals surface area contributed by atoms with Crippen LogP contribution in [0.3, 0.4) is 0 Å². The molecule has 0 bridgehead atoms. The van der Waals surface area contributed by atoms with Crippen molar-refractivity contribution < 1.29 is 9.21 Å². The van der Waals surface area contributed by atoms with E-state index in [-0.39, 0.29) is 5.91 Å². The van der Waals surface area contributed by atoms with Crippen LogP contribution in [0.5, 0.6) is 0 Å². The molecule has 0 atom stereocenters. The summed E-state index contributed by atoms with van der Waals surface area (Å²) in [6.45, 7) is 0. The molecule has 118 valence electrons. The number of anilines is 1. The van der Waals surface area contributed by atoms with Gasteiger partial charge in [0.1, 0.15) is 9.88 Å². The minimum Gasteiger partial charge on any atom is -0.408 e. The van der Waals surface area contributed by atoms with Gasteiger partial charge >= 0.3 is 5.76 Å². The molecule has 0 saturated heterocycles. The van der Waals surface area contributed by atoms with E-state index in [1.807, 2.05) is 30.3 Å². The number of amides is 1. The van der Waals surface area contributed by atoms with Gasteiger partial charge in [-0.3, -0.25) is 9.78 Å². The number of aromatic nitrogens is 2. The predicted octanol–water partition coefficient (Wildman–Crippen LogP) is 3.50. The minimum absolute atomic E-state index is 0.250. The first kappa shape index (κ1) is 14.4. The highest BCUT2D eigenvalue weighted by Crippen LogP contribution is 2.25. The molecule has 2 aromatic heterocycles. The van der Waals surface area contributed by atoms with Gasteiger partial charge in [-0.2, -0.15) is 0 Å². The highest BCUT2D eigenvalue weighted by molar-refractivity contribution is 7.17. The number of nitrogens with one attached hydrogen (secondary N) is 2. The van der Waals surface area contributed by atoms with Gasteiger partial charge in [-0.05, 0) is 18.2 Å². The summed E-state index contributed by atoms with van der Waals surface area (Å²) in [5, 5.41) is 3.58. The normalized spacial score (nSPS) is 10.8. The lowest BCUT2D eigenvalue weighted by Crippen LogP contribution is -2.09. The predicted molar refractivity (Wildman–Crippen MR) is 92.3 cm³/mol. The molecule has 2 aromatic carbocycles. The molecule has 0 aliphatic heterocycles. The zero-order chi connectivity index (χ0) is 16.5. The van der Waals surface area contributed by atoms with E-state index < -0.39 is 5.76 Å². The molecule has 4 rings (SSSR count). The van der Waals surface area contributed by atoms with Crippen molar-refractivity contribution >= 4 is 34.0 Å².